The first kappa shape index (κ1) is 14.4. The van der Waals surface area contributed by atoms with Crippen molar-refractivity contribution in [3.63, 3.8) is 0 Å². The maximum absolute atomic E-state index is 12.3. The Morgan fingerprint density at radius 3 is 2.64 bits per heavy atom. The van der Waals surface area contributed by atoms with Gasteiger partial charge in [0, 0.05) is 17.7 Å². The smallest absolute Gasteiger partial charge is 0.319 e. The van der Waals surface area contributed by atoms with Crippen LogP contribution in [0.1, 0.15) is 29.2 Å². The number of aryl methyl sites for hydroxylation is 2. The zero-order valence-corrected chi connectivity index (χ0v) is 12.8. The number of hydrogen-bond acceptors (Lipinski definition) is 2. The van der Waals surface area contributed by atoms with Crippen LogP contribution in [0.25, 0.3) is 0 Å². The predicted octanol–water partition coefficient (Wildman–Crippen LogP) is 3.95. The second-order valence-electron chi connectivity index (χ2n) is 5.70. The van der Waals surface area contributed by atoms with Crippen LogP contribution in [0.5, 0.6) is 5.75 Å². The molecule has 1 aliphatic heterocycles. The molecular formula is C18H20N2O2. The minimum Gasteiger partial charge on any atom is -0.493 e. The summed E-state index contributed by atoms with van der Waals surface area (Å²) in [5.41, 5.74) is 4.11. The summed E-state index contributed by atoms with van der Waals surface area (Å²) in [6.07, 6.45) is 0.775. The number of fused-ring (bicyclic) bond motifs is 1. The van der Waals surface area contributed by atoms with Crippen LogP contribution >= 0.6 is 0 Å². The zero-order valence-electron chi connectivity index (χ0n) is 12.8. The fraction of sp³-hybridized carbons (Fsp3) is 0.278. The van der Waals surface area contributed by atoms with Gasteiger partial charge in [0.2, 0.25) is 0 Å². The van der Waals surface area contributed by atoms with Crippen LogP contribution in [-0.2, 0) is 0 Å². The van der Waals surface area contributed by atoms with Crippen LogP contribution in [0.4, 0.5) is 10.5 Å². The molecule has 4 nitrogen and oxygen atoms in total. The molecule has 0 bridgehead atoms. The third kappa shape index (κ3) is 3.22. The van der Waals surface area contributed by atoms with E-state index in [2.05, 4.69) is 16.7 Å². The summed E-state index contributed by atoms with van der Waals surface area (Å²) in [4.78, 5) is 12.3. The first-order chi connectivity index (χ1) is 10.6. The van der Waals surface area contributed by atoms with Crippen LogP contribution in [0.15, 0.2) is 42.5 Å². The summed E-state index contributed by atoms with van der Waals surface area (Å²) in [6, 6.07) is 13.6. The van der Waals surface area contributed by atoms with Gasteiger partial charge < -0.3 is 15.4 Å². The van der Waals surface area contributed by atoms with Crippen molar-refractivity contribution in [3.05, 3.63) is 59.2 Å². The Morgan fingerprint density at radius 2 is 1.86 bits per heavy atom. The summed E-state index contributed by atoms with van der Waals surface area (Å²) < 4.78 is 5.61. The standard InChI is InChI=1S/C18H20N2O2/c1-12-9-13(2)11-14(10-12)19-18(21)20-16-7-8-22-17-6-4-3-5-15(16)17/h3-6,9-11,16H,7-8H2,1-2H3,(H2,19,20,21). The van der Waals surface area contributed by atoms with Crippen molar-refractivity contribution in [2.75, 3.05) is 11.9 Å². The van der Waals surface area contributed by atoms with Crippen molar-refractivity contribution in [1.29, 1.82) is 0 Å². The molecule has 22 heavy (non-hydrogen) atoms. The maximum Gasteiger partial charge on any atom is 0.319 e. The molecule has 3 rings (SSSR count). The number of para-hydroxylation sites is 1. The molecule has 1 aliphatic rings. The molecule has 2 aromatic rings. The summed E-state index contributed by atoms with van der Waals surface area (Å²) >= 11 is 0. The molecule has 1 heterocycles. The van der Waals surface area contributed by atoms with Crippen molar-refractivity contribution < 1.29 is 9.53 Å². The molecule has 0 radical (unpaired) electrons. The van der Waals surface area contributed by atoms with Crippen molar-refractivity contribution >= 4 is 11.7 Å². The van der Waals surface area contributed by atoms with Gasteiger partial charge in [0.05, 0.1) is 12.6 Å². The number of anilines is 1. The number of hydrogen-bond donors (Lipinski definition) is 2. The number of amides is 2. The van der Waals surface area contributed by atoms with Crippen LogP contribution in [-0.4, -0.2) is 12.6 Å². The van der Waals surface area contributed by atoms with Gasteiger partial charge in [-0.15, -0.1) is 0 Å². The molecular weight excluding hydrogens is 276 g/mol. The fourth-order valence-electron chi connectivity index (χ4n) is 2.86. The molecule has 114 valence electrons. The molecule has 2 aromatic carbocycles. The number of urea groups is 1. The molecule has 0 saturated carbocycles. The number of benzene rings is 2. The summed E-state index contributed by atoms with van der Waals surface area (Å²) in [6.45, 7) is 4.65. The maximum atomic E-state index is 12.3. The fourth-order valence-corrected chi connectivity index (χ4v) is 2.86. The van der Waals surface area contributed by atoms with Gasteiger partial charge in [0.1, 0.15) is 5.75 Å². The number of nitrogens with one attached hydrogen (secondary N) is 2. The third-order valence-corrected chi connectivity index (χ3v) is 3.74. The van der Waals surface area contributed by atoms with Gasteiger partial charge in [-0.25, -0.2) is 4.79 Å². The number of carbonyl (C=O) groups excluding carboxylic acids is 1. The van der Waals surface area contributed by atoms with Crippen molar-refractivity contribution in [2.24, 2.45) is 0 Å². The lowest BCUT2D eigenvalue weighted by Gasteiger charge is -2.26. The molecule has 0 saturated heterocycles. The van der Waals surface area contributed by atoms with Crippen LogP contribution in [0.3, 0.4) is 0 Å². The van der Waals surface area contributed by atoms with Gasteiger partial charge in [-0.3, -0.25) is 0 Å². The lowest BCUT2D eigenvalue weighted by Crippen LogP contribution is -2.35. The number of ether oxygens (including phenoxy) is 1. The zero-order chi connectivity index (χ0) is 15.5. The van der Waals surface area contributed by atoms with E-state index in [1.165, 1.54) is 0 Å². The molecule has 2 amide bonds. The van der Waals surface area contributed by atoms with E-state index in [0.29, 0.717) is 6.61 Å². The van der Waals surface area contributed by atoms with Crippen LogP contribution in [0, 0.1) is 13.8 Å². The molecule has 1 unspecified atom stereocenters. The quantitative estimate of drug-likeness (QED) is 0.881. The van der Waals surface area contributed by atoms with Crippen molar-refractivity contribution in [3.8, 4) is 5.75 Å². The molecule has 0 fully saturated rings. The van der Waals surface area contributed by atoms with E-state index in [1.807, 2.05) is 50.2 Å². The molecule has 0 spiro atoms. The van der Waals surface area contributed by atoms with Gasteiger partial charge in [0.15, 0.2) is 0 Å². The Bertz CT molecular complexity index is 677. The Labute approximate surface area is 130 Å². The van der Waals surface area contributed by atoms with E-state index in [9.17, 15) is 4.79 Å². The van der Waals surface area contributed by atoms with Gasteiger partial charge in [0.25, 0.3) is 0 Å². The number of carbonyl (C=O) groups is 1. The van der Waals surface area contributed by atoms with E-state index in [4.69, 9.17) is 4.74 Å². The highest BCUT2D eigenvalue weighted by Crippen LogP contribution is 2.31. The predicted molar refractivity (Wildman–Crippen MR) is 87.4 cm³/mol. The molecule has 1 atom stereocenters. The highest BCUT2D eigenvalue weighted by molar-refractivity contribution is 5.89. The Kier molecular flexibility index (Phi) is 4.00. The normalized spacial score (nSPS) is 16.4. The monoisotopic (exact) mass is 296 g/mol. The highest BCUT2D eigenvalue weighted by atomic mass is 16.5. The molecule has 4 heteroatoms. The molecule has 2 N–H and O–H groups in total. The van der Waals surface area contributed by atoms with E-state index in [-0.39, 0.29) is 12.1 Å². The summed E-state index contributed by atoms with van der Waals surface area (Å²) in [5, 5.41) is 5.94. The minimum atomic E-state index is -0.188. The minimum absolute atomic E-state index is 0.0177. The first-order valence-electron chi connectivity index (χ1n) is 7.49. The van der Waals surface area contributed by atoms with Crippen LogP contribution in [0.2, 0.25) is 0 Å². The van der Waals surface area contributed by atoms with E-state index in [0.717, 1.165) is 34.5 Å². The topological polar surface area (TPSA) is 50.4 Å². The third-order valence-electron chi connectivity index (χ3n) is 3.74. The highest BCUT2D eigenvalue weighted by Gasteiger charge is 2.22. The lowest BCUT2D eigenvalue weighted by atomic mass is 10.0. The average Bonchev–Trinajstić information content (AvgIpc) is 2.46. The summed E-state index contributed by atoms with van der Waals surface area (Å²) in [7, 11) is 0. The second-order valence-corrected chi connectivity index (χ2v) is 5.70. The Balaban J connectivity index is 1.70. The van der Waals surface area contributed by atoms with Gasteiger partial charge in [-0.2, -0.15) is 0 Å². The SMILES string of the molecule is Cc1cc(C)cc(NC(=O)NC2CCOc3ccccc32)c1. The van der Waals surface area contributed by atoms with Gasteiger partial charge in [-0.1, -0.05) is 24.3 Å². The summed E-state index contributed by atoms with van der Waals surface area (Å²) in [5.74, 6) is 0.852. The largest absolute Gasteiger partial charge is 0.493 e. The van der Waals surface area contributed by atoms with Crippen LogP contribution < -0.4 is 15.4 Å². The average molecular weight is 296 g/mol. The Morgan fingerprint density at radius 1 is 1.14 bits per heavy atom. The van der Waals surface area contributed by atoms with E-state index in [1.54, 1.807) is 0 Å². The first-order valence-corrected chi connectivity index (χ1v) is 7.49. The molecule has 0 aliphatic carbocycles. The Hall–Kier alpha value is -2.49. The van der Waals surface area contributed by atoms with Gasteiger partial charge >= 0.3 is 6.03 Å². The number of rotatable bonds is 2. The van der Waals surface area contributed by atoms with E-state index >= 15 is 0 Å². The second kappa shape index (κ2) is 6.10. The van der Waals surface area contributed by atoms with Crippen molar-refractivity contribution in [2.45, 2.75) is 26.3 Å². The lowest BCUT2D eigenvalue weighted by molar-refractivity contribution is 0.232. The van der Waals surface area contributed by atoms with E-state index < -0.39 is 0 Å². The van der Waals surface area contributed by atoms with Gasteiger partial charge in [-0.05, 0) is 43.2 Å². The van der Waals surface area contributed by atoms with Crippen molar-refractivity contribution in [1.82, 2.24) is 5.32 Å². The molecule has 0 aromatic heterocycles.